The zero-order valence-corrected chi connectivity index (χ0v) is 13.1. The van der Waals surface area contributed by atoms with Crippen molar-refractivity contribution in [2.45, 2.75) is 38.7 Å². The molecule has 1 aromatic carbocycles. The molecule has 0 spiro atoms. The van der Waals surface area contributed by atoms with Crippen molar-refractivity contribution in [1.82, 2.24) is 4.90 Å². The van der Waals surface area contributed by atoms with E-state index in [-0.39, 0.29) is 19.1 Å². The van der Waals surface area contributed by atoms with Gasteiger partial charge in [0.2, 0.25) is 5.91 Å². The second-order valence-corrected chi connectivity index (χ2v) is 5.93. The Morgan fingerprint density at radius 2 is 2.00 bits per heavy atom. The van der Waals surface area contributed by atoms with Gasteiger partial charge in [0, 0.05) is 13.0 Å². The summed E-state index contributed by atoms with van der Waals surface area (Å²) < 4.78 is 5.12. The number of aryl methyl sites for hydroxylation is 1. The summed E-state index contributed by atoms with van der Waals surface area (Å²) in [5.41, 5.74) is 2.41. The summed E-state index contributed by atoms with van der Waals surface area (Å²) in [5.74, 6) is -0.527. The van der Waals surface area contributed by atoms with Crippen LogP contribution in [0, 0.1) is 0 Å². The summed E-state index contributed by atoms with van der Waals surface area (Å²) >= 11 is 0. The van der Waals surface area contributed by atoms with Crippen LogP contribution < -0.4 is 0 Å². The van der Waals surface area contributed by atoms with E-state index in [0.29, 0.717) is 25.3 Å². The Labute approximate surface area is 130 Å². The van der Waals surface area contributed by atoms with Crippen LogP contribution in [0.1, 0.15) is 37.3 Å². The van der Waals surface area contributed by atoms with E-state index < -0.39 is 12.1 Å². The lowest BCUT2D eigenvalue weighted by Gasteiger charge is -2.31. The summed E-state index contributed by atoms with van der Waals surface area (Å²) in [5, 5.41) is 8.95. The molecule has 0 aliphatic carbocycles. The van der Waals surface area contributed by atoms with Crippen molar-refractivity contribution in [3.8, 4) is 0 Å². The number of amides is 1. The van der Waals surface area contributed by atoms with Crippen LogP contribution in [0.15, 0.2) is 24.3 Å². The van der Waals surface area contributed by atoms with Crippen LogP contribution in [0.3, 0.4) is 0 Å². The summed E-state index contributed by atoms with van der Waals surface area (Å²) in [7, 11) is 0. The molecule has 0 saturated carbocycles. The molecular formula is C17H23NO4. The van der Waals surface area contributed by atoms with Gasteiger partial charge in [-0.15, -0.1) is 0 Å². The van der Waals surface area contributed by atoms with Gasteiger partial charge < -0.3 is 14.7 Å². The monoisotopic (exact) mass is 305 g/mol. The standard InChI is InChI=1S/C17H23NO4/c1-12(2)14-6-3-13(4-7-14)5-8-16(19)18-9-10-22-15(11-18)17(20)21/h3-4,6-7,12,15H,5,8-11H2,1-2H3,(H,20,21). The van der Waals surface area contributed by atoms with Crippen LogP contribution in [0.2, 0.25) is 0 Å². The molecule has 0 bridgehead atoms. The summed E-state index contributed by atoms with van der Waals surface area (Å²) in [6, 6.07) is 8.31. The molecule has 0 aromatic heterocycles. The van der Waals surface area contributed by atoms with E-state index in [2.05, 4.69) is 38.1 Å². The van der Waals surface area contributed by atoms with Crippen molar-refractivity contribution in [1.29, 1.82) is 0 Å². The first-order valence-corrected chi connectivity index (χ1v) is 7.68. The molecule has 1 amide bonds. The number of morpholine rings is 1. The number of carboxylic acid groups (broad SMARTS) is 1. The van der Waals surface area contributed by atoms with Gasteiger partial charge in [-0.05, 0) is 23.5 Å². The number of nitrogens with zero attached hydrogens (tertiary/aromatic N) is 1. The summed E-state index contributed by atoms with van der Waals surface area (Å²) in [6.45, 7) is 5.19. The minimum absolute atomic E-state index is 0.0116. The third kappa shape index (κ3) is 4.31. The third-order valence-electron chi connectivity index (χ3n) is 3.97. The zero-order valence-electron chi connectivity index (χ0n) is 13.1. The van der Waals surface area contributed by atoms with Crippen LogP contribution in [0.5, 0.6) is 0 Å². The lowest BCUT2D eigenvalue weighted by atomic mass is 10.00. The fourth-order valence-corrected chi connectivity index (χ4v) is 2.50. The number of rotatable bonds is 5. The molecule has 120 valence electrons. The highest BCUT2D eigenvalue weighted by atomic mass is 16.5. The second kappa shape index (κ2) is 7.40. The van der Waals surface area contributed by atoms with E-state index in [1.807, 2.05) is 0 Å². The highest BCUT2D eigenvalue weighted by Gasteiger charge is 2.28. The molecule has 1 atom stereocenters. The fraction of sp³-hybridized carbons (Fsp3) is 0.529. The average molecular weight is 305 g/mol. The Bertz CT molecular complexity index is 524. The van der Waals surface area contributed by atoms with E-state index in [0.717, 1.165) is 5.56 Å². The Hall–Kier alpha value is -1.88. The maximum atomic E-state index is 12.2. The van der Waals surface area contributed by atoms with Gasteiger partial charge in [0.05, 0.1) is 13.2 Å². The van der Waals surface area contributed by atoms with Crippen LogP contribution in [-0.2, 0) is 20.7 Å². The molecule has 1 fully saturated rings. The molecule has 22 heavy (non-hydrogen) atoms. The maximum Gasteiger partial charge on any atom is 0.334 e. The second-order valence-electron chi connectivity index (χ2n) is 5.93. The SMILES string of the molecule is CC(C)c1ccc(CCC(=O)N2CCOC(C(=O)O)C2)cc1. The Balaban J connectivity index is 1.85. The third-order valence-corrected chi connectivity index (χ3v) is 3.97. The Morgan fingerprint density at radius 3 is 2.59 bits per heavy atom. The highest BCUT2D eigenvalue weighted by Crippen LogP contribution is 2.16. The van der Waals surface area contributed by atoms with Crippen molar-refractivity contribution < 1.29 is 19.4 Å². The smallest absolute Gasteiger partial charge is 0.334 e. The molecule has 0 radical (unpaired) electrons. The number of benzene rings is 1. The van der Waals surface area contributed by atoms with Gasteiger partial charge in [0.1, 0.15) is 0 Å². The lowest BCUT2D eigenvalue weighted by Crippen LogP contribution is -2.48. The first-order valence-electron chi connectivity index (χ1n) is 7.68. The zero-order chi connectivity index (χ0) is 16.1. The van der Waals surface area contributed by atoms with Crippen molar-refractivity contribution in [3.05, 3.63) is 35.4 Å². The predicted octanol–water partition coefficient (Wildman–Crippen LogP) is 2.05. The number of carbonyl (C=O) groups excluding carboxylic acids is 1. The lowest BCUT2D eigenvalue weighted by molar-refractivity contribution is -0.159. The number of hydrogen-bond acceptors (Lipinski definition) is 3. The van der Waals surface area contributed by atoms with E-state index >= 15 is 0 Å². The molecule has 1 heterocycles. The number of carbonyl (C=O) groups is 2. The van der Waals surface area contributed by atoms with Crippen LogP contribution >= 0.6 is 0 Å². The van der Waals surface area contributed by atoms with Gasteiger partial charge in [-0.3, -0.25) is 4.79 Å². The molecule has 5 nitrogen and oxygen atoms in total. The van der Waals surface area contributed by atoms with Crippen LogP contribution in [0.25, 0.3) is 0 Å². The Morgan fingerprint density at radius 1 is 1.32 bits per heavy atom. The topological polar surface area (TPSA) is 66.8 Å². The highest BCUT2D eigenvalue weighted by molar-refractivity contribution is 5.78. The van der Waals surface area contributed by atoms with Gasteiger partial charge in [-0.1, -0.05) is 38.1 Å². The van der Waals surface area contributed by atoms with Gasteiger partial charge in [0.25, 0.3) is 0 Å². The van der Waals surface area contributed by atoms with Crippen LogP contribution in [-0.4, -0.2) is 47.7 Å². The van der Waals surface area contributed by atoms with Crippen LogP contribution in [0.4, 0.5) is 0 Å². The first kappa shape index (κ1) is 16.5. The van der Waals surface area contributed by atoms with E-state index in [1.165, 1.54) is 5.56 Å². The molecule has 1 aliphatic heterocycles. The van der Waals surface area contributed by atoms with E-state index in [4.69, 9.17) is 9.84 Å². The minimum atomic E-state index is -1.01. The number of ether oxygens (including phenoxy) is 1. The first-order chi connectivity index (χ1) is 10.5. The molecule has 1 aliphatic rings. The minimum Gasteiger partial charge on any atom is -0.479 e. The number of carboxylic acids is 1. The molecular weight excluding hydrogens is 282 g/mol. The van der Waals surface area contributed by atoms with Crippen molar-refractivity contribution >= 4 is 11.9 Å². The summed E-state index contributed by atoms with van der Waals surface area (Å²) in [6.07, 6.45) is 0.169. The number of aliphatic carboxylic acids is 1. The number of hydrogen-bond donors (Lipinski definition) is 1. The quantitative estimate of drug-likeness (QED) is 0.904. The predicted molar refractivity (Wildman–Crippen MR) is 82.8 cm³/mol. The van der Waals surface area contributed by atoms with Gasteiger partial charge in [-0.2, -0.15) is 0 Å². The van der Waals surface area contributed by atoms with E-state index in [9.17, 15) is 9.59 Å². The van der Waals surface area contributed by atoms with Gasteiger partial charge in [0.15, 0.2) is 6.10 Å². The summed E-state index contributed by atoms with van der Waals surface area (Å²) in [4.78, 5) is 24.7. The molecule has 5 heteroatoms. The van der Waals surface area contributed by atoms with Crippen molar-refractivity contribution in [2.24, 2.45) is 0 Å². The Kier molecular flexibility index (Phi) is 5.55. The largest absolute Gasteiger partial charge is 0.479 e. The normalized spacial score (nSPS) is 18.5. The fourth-order valence-electron chi connectivity index (χ4n) is 2.50. The van der Waals surface area contributed by atoms with Crippen molar-refractivity contribution in [2.75, 3.05) is 19.7 Å². The average Bonchev–Trinajstić information content (AvgIpc) is 2.53. The van der Waals surface area contributed by atoms with Gasteiger partial charge >= 0.3 is 5.97 Å². The van der Waals surface area contributed by atoms with Gasteiger partial charge in [-0.25, -0.2) is 4.79 Å². The molecule has 1 N–H and O–H groups in total. The van der Waals surface area contributed by atoms with Crippen molar-refractivity contribution in [3.63, 3.8) is 0 Å². The van der Waals surface area contributed by atoms with E-state index in [1.54, 1.807) is 4.90 Å². The maximum absolute atomic E-state index is 12.2. The molecule has 2 rings (SSSR count). The molecule has 1 unspecified atom stereocenters. The molecule has 1 saturated heterocycles. The molecule has 1 aromatic rings.